The summed E-state index contributed by atoms with van der Waals surface area (Å²) in [5.41, 5.74) is 1.20. The SMILES string of the molecule is O=C(NCCCN1CCN(c2ccc(Cl)cc2)CC1)C(=O)Nc1cccc([N+](=O)[O-])c1. The van der Waals surface area contributed by atoms with E-state index in [0.29, 0.717) is 6.54 Å². The summed E-state index contributed by atoms with van der Waals surface area (Å²) in [5.74, 6) is -1.61. The van der Waals surface area contributed by atoms with Crippen LogP contribution in [-0.4, -0.2) is 60.9 Å². The summed E-state index contributed by atoms with van der Waals surface area (Å²) in [5, 5.41) is 16.5. The molecule has 0 bridgehead atoms. The van der Waals surface area contributed by atoms with Crippen LogP contribution in [0.5, 0.6) is 0 Å². The van der Waals surface area contributed by atoms with E-state index in [-0.39, 0.29) is 11.4 Å². The van der Waals surface area contributed by atoms with Crippen molar-refractivity contribution in [3.05, 3.63) is 63.7 Å². The average molecular weight is 446 g/mol. The van der Waals surface area contributed by atoms with Crippen LogP contribution < -0.4 is 15.5 Å². The van der Waals surface area contributed by atoms with Gasteiger partial charge in [-0.2, -0.15) is 0 Å². The van der Waals surface area contributed by atoms with Crippen LogP contribution in [0.15, 0.2) is 48.5 Å². The monoisotopic (exact) mass is 445 g/mol. The van der Waals surface area contributed by atoms with Gasteiger partial charge in [-0.3, -0.25) is 24.6 Å². The molecule has 31 heavy (non-hydrogen) atoms. The molecule has 3 rings (SSSR count). The summed E-state index contributed by atoms with van der Waals surface area (Å²) in [6.07, 6.45) is 0.719. The summed E-state index contributed by atoms with van der Waals surface area (Å²) in [6, 6.07) is 13.3. The molecule has 0 radical (unpaired) electrons. The Labute approximate surface area is 185 Å². The number of hydrogen-bond acceptors (Lipinski definition) is 6. The van der Waals surface area contributed by atoms with Gasteiger partial charge < -0.3 is 15.5 Å². The third-order valence-electron chi connectivity index (χ3n) is 5.02. The normalized spacial score (nSPS) is 14.2. The second-order valence-electron chi connectivity index (χ2n) is 7.18. The second kappa shape index (κ2) is 10.7. The minimum Gasteiger partial charge on any atom is -0.369 e. The van der Waals surface area contributed by atoms with E-state index in [1.54, 1.807) is 0 Å². The maximum absolute atomic E-state index is 12.0. The summed E-state index contributed by atoms with van der Waals surface area (Å²) in [4.78, 5) is 38.8. The first-order valence-corrected chi connectivity index (χ1v) is 10.4. The third kappa shape index (κ3) is 6.66. The van der Waals surface area contributed by atoms with Gasteiger partial charge in [0.15, 0.2) is 0 Å². The number of anilines is 2. The van der Waals surface area contributed by atoms with Gasteiger partial charge in [-0.1, -0.05) is 17.7 Å². The van der Waals surface area contributed by atoms with Crippen LogP contribution in [0.25, 0.3) is 0 Å². The van der Waals surface area contributed by atoms with Crippen molar-refractivity contribution in [3.8, 4) is 0 Å². The van der Waals surface area contributed by atoms with Crippen LogP contribution in [0.1, 0.15) is 6.42 Å². The number of nitro groups is 1. The Bertz CT molecular complexity index is 930. The minimum atomic E-state index is -0.850. The second-order valence-corrected chi connectivity index (χ2v) is 7.61. The van der Waals surface area contributed by atoms with Gasteiger partial charge in [0, 0.05) is 61.3 Å². The van der Waals surface area contributed by atoms with Crippen molar-refractivity contribution in [1.29, 1.82) is 0 Å². The number of piperazine rings is 1. The highest BCUT2D eigenvalue weighted by atomic mass is 35.5. The van der Waals surface area contributed by atoms with Gasteiger partial charge in [0.05, 0.1) is 4.92 Å². The zero-order chi connectivity index (χ0) is 22.2. The number of amides is 2. The lowest BCUT2D eigenvalue weighted by molar-refractivity contribution is -0.384. The number of nitrogens with zero attached hydrogens (tertiary/aromatic N) is 3. The molecule has 0 aromatic heterocycles. The fraction of sp³-hybridized carbons (Fsp3) is 0.333. The Morgan fingerprint density at radius 2 is 1.74 bits per heavy atom. The molecule has 10 heteroatoms. The first-order chi connectivity index (χ1) is 14.9. The number of carbonyl (C=O) groups is 2. The summed E-state index contributed by atoms with van der Waals surface area (Å²) >= 11 is 5.94. The standard InChI is InChI=1S/C21H24ClN5O4/c22-16-5-7-18(8-6-16)26-13-11-25(12-14-26)10-2-9-23-20(28)21(29)24-17-3-1-4-19(15-17)27(30)31/h1,3-8,15H,2,9-14H2,(H,23,28)(H,24,29). The predicted molar refractivity (Wildman–Crippen MR) is 119 cm³/mol. The zero-order valence-corrected chi connectivity index (χ0v) is 17.7. The van der Waals surface area contributed by atoms with Crippen molar-refractivity contribution in [3.63, 3.8) is 0 Å². The van der Waals surface area contributed by atoms with Gasteiger partial charge in [-0.05, 0) is 43.3 Å². The van der Waals surface area contributed by atoms with E-state index in [0.717, 1.165) is 49.9 Å². The van der Waals surface area contributed by atoms with Crippen molar-refractivity contribution in [2.24, 2.45) is 0 Å². The largest absolute Gasteiger partial charge is 0.369 e. The maximum atomic E-state index is 12.0. The summed E-state index contributed by atoms with van der Waals surface area (Å²) in [6.45, 7) is 4.87. The zero-order valence-electron chi connectivity index (χ0n) is 16.9. The molecule has 0 unspecified atom stereocenters. The predicted octanol–water partition coefficient (Wildman–Crippen LogP) is 2.52. The smallest absolute Gasteiger partial charge is 0.313 e. The van der Waals surface area contributed by atoms with Gasteiger partial charge in [0.2, 0.25) is 0 Å². The Morgan fingerprint density at radius 1 is 1.03 bits per heavy atom. The molecule has 0 spiro atoms. The van der Waals surface area contributed by atoms with E-state index in [1.807, 2.05) is 24.3 Å². The molecular weight excluding hydrogens is 422 g/mol. The van der Waals surface area contributed by atoms with Gasteiger partial charge in [-0.15, -0.1) is 0 Å². The van der Waals surface area contributed by atoms with E-state index in [4.69, 9.17) is 11.6 Å². The topological polar surface area (TPSA) is 108 Å². The van der Waals surface area contributed by atoms with Crippen LogP contribution in [-0.2, 0) is 9.59 Å². The molecule has 0 saturated carbocycles. The van der Waals surface area contributed by atoms with Crippen molar-refractivity contribution in [2.45, 2.75) is 6.42 Å². The molecule has 1 aliphatic rings. The summed E-state index contributed by atoms with van der Waals surface area (Å²) < 4.78 is 0. The van der Waals surface area contributed by atoms with E-state index in [1.165, 1.54) is 24.3 Å². The molecule has 2 N–H and O–H groups in total. The fourth-order valence-electron chi connectivity index (χ4n) is 3.35. The molecule has 2 amide bonds. The van der Waals surface area contributed by atoms with Crippen molar-refractivity contribution < 1.29 is 14.5 Å². The fourth-order valence-corrected chi connectivity index (χ4v) is 3.48. The molecular formula is C21H24ClN5O4. The lowest BCUT2D eigenvalue weighted by Gasteiger charge is -2.36. The molecule has 0 aliphatic carbocycles. The van der Waals surface area contributed by atoms with Crippen LogP contribution in [0.4, 0.5) is 17.1 Å². The van der Waals surface area contributed by atoms with Crippen molar-refractivity contribution >= 4 is 40.5 Å². The number of nitrogens with one attached hydrogen (secondary N) is 2. The molecule has 164 valence electrons. The molecule has 1 fully saturated rings. The highest BCUT2D eigenvalue weighted by molar-refractivity contribution is 6.39. The number of nitro benzene ring substituents is 1. The minimum absolute atomic E-state index is 0.158. The van der Waals surface area contributed by atoms with Crippen molar-refractivity contribution in [1.82, 2.24) is 10.2 Å². The first-order valence-electron chi connectivity index (χ1n) is 9.99. The number of rotatable bonds is 7. The molecule has 1 aliphatic heterocycles. The number of halogens is 1. The van der Waals surface area contributed by atoms with Gasteiger partial charge >= 0.3 is 11.8 Å². The lowest BCUT2D eigenvalue weighted by Crippen LogP contribution is -2.47. The highest BCUT2D eigenvalue weighted by Gasteiger charge is 2.18. The number of benzene rings is 2. The molecule has 2 aromatic rings. The highest BCUT2D eigenvalue weighted by Crippen LogP contribution is 2.19. The molecule has 9 nitrogen and oxygen atoms in total. The Balaban J connectivity index is 1.34. The molecule has 0 atom stereocenters. The van der Waals surface area contributed by atoms with Gasteiger partial charge in [0.1, 0.15) is 0 Å². The molecule has 1 heterocycles. The van der Waals surface area contributed by atoms with E-state index < -0.39 is 16.7 Å². The quantitative estimate of drug-likeness (QED) is 0.293. The Hall–Kier alpha value is -3.17. The number of hydrogen-bond donors (Lipinski definition) is 2. The van der Waals surface area contributed by atoms with Crippen LogP contribution >= 0.6 is 11.6 Å². The van der Waals surface area contributed by atoms with Crippen LogP contribution in [0.2, 0.25) is 5.02 Å². The number of carbonyl (C=O) groups excluding carboxylic acids is 2. The molecule has 1 saturated heterocycles. The number of non-ortho nitro benzene ring substituents is 1. The van der Waals surface area contributed by atoms with Crippen LogP contribution in [0, 0.1) is 10.1 Å². The van der Waals surface area contributed by atoms with E-state index >= 15 is 0 Å². The van der Waals surface area contributed by atoms with E-state index in [9.17, 15) is 19.7 Å². The van der Waals surface area contributed by atoms with Crippen LogP contribution in [0.3, 0.4) is 0 Å². The average Bonchev–Trinajstić information content (AvgIpc) is 2.77. The lowest BCUT2D eigenvalue weighted by atomic mass is 10.2. The third-order valence-corrected chi connectivity index (χ3v) is 5.27. The maximum Gasteiger partial charge on any atom is 0.313 e. The Kier molecular flexibility index (Phi) is 7.80. The van der Waals surface area contributed by atoms with Gasteiger partial charge in [0.25, 0.3) is 5.69 Å². The molecule has 2 aromatic carbocycles. The Morgan fingerprint density at radius 3 is 2.42 bits per heavy atom. The first kappa shape index (κ1) is 22.5. The van der Waals surface area contributed by atoms with E-state index in [2.05, 4.69) is 20.4 Å². The van der Waals surface area contributed by atoms with Crippen molar-refractivity contribution in [2.75, 3.05) is 49.5 Å². The summed E-state index contributed by atoms with van der Waals surface area (Å²) in [7, 11) is 0. The van der Waals surface area contributed by atoms with Gasteiger partial charge in [-0.25, -0.2) is 0 Å².